The van der Waals surface area contributed by atoms with Crippen LogP contribution in [0, 0.1) is 0 Å². The number of thioether (sulfide) groups is 1. The first kappa shape index (κ1) is 13.7. The first-order valence-corrected chi connectivity index (χ1v) is 6.98. The van der Waals surface area contributed by atoms with Crippen LogP contribution in [0.2, 0.25) is 0 Å². The van der Waals surface area contributed by atoms with Gasteiger partial charge in [-0.1, -0.05) is 0 Å². The molecule has 0 spiro atoms. The van der Waals surface area contributed by atoms with Crippen LogP contribution in [-0.4, -0.2) is 18.3 Å². The zero-order valence-electron chi connectivity index (χ0n) is 9.96. The van der Waals surface area contributed by atoms with Crippen molar-refractivity contribution < 1.29 is 13.2 Å². The molecule has 1 atom stereocenters. The van der Waals surface area contributed by atoms with E-state index in [-0.39, 0.29) is 0 Å². The molecule has 1 heterocycles. The largest absolute Gasteiger partial charge is 0.416 e. The van der Waals surface area contributed by atoms with Crippen molar-refractivity contribution in [3.63, 3.8) is 0 Å². The maximum Gasteiger partial charge on any atom is 0.416 e. The van der Waals surface area contributed by atoms with Gasteiger partial charge in [-0.05, 0) is 56.6 Å². The number of nitrogens with one attached hydrogen (secondary N) is 1. The summed E-state index contributed by atoms with van der Waals surface area (Å²) < 4.78 is 37.3. The van der Waals surface area contributed by atoms with Gasteiger partial charge in [-0.25, -0.2) is 0 Å². The molecule has 1 saturated heterocycles. The van der Waals surface area contributed by atoms with Crippen molar-refractivity contribution in [2.45, 2.75) is 35.6 Å². The summed E-state index contributed by atoms with van der Waals surface area (Å²) in [5.74, 6) is 0. The normalized spacial score (nSPS) is 21.6. The molecule has 0 amide bonds. The number of hydrogen-bond donors (Lipinski definition) is 1. The van der Waals surface area contributed by atoms with E-state index in [9.17, 15) is 13.2 Å². The third-order valence-corrected chi connectivity index (χ3v) is 4.36. The van der Waals surface area contributed by atoms with E-state index in [1.54, 1.807) is 23.9 Å². The second kappa shape index (κ2) is 5.97. The molecule has 1 aromatic carbocycles. The minimum Gasteiger partial charge on any atom is -0.317 e. The molecule has 1 unspecified atom stereocenters. The average molecular weight is 275 g/mol. The summed E-state index contributed by atoms with van der Waals surface area (Å²) in [7, 11) is 0. The fourth-order valence-corrected chi connectivity index (χ4v) is 3.22. The second-order valence-electron chi connectivity index (χ2n) is 4.44. The number of hydrogen-bond acceptors (Lipinski definition) is 2. The molecule has 1 aromatic rings. The summed E-state index contributed by atoms with van der Waals surface area (Å²) in [4.78, 5) is 0.926. The highest BCUT2D eigenvalue weighted by Crippen LogP contribution is 2.33. The lowest BCUT2D eigenvalue weighted by molar-refractivity contribution is -0.137. The van der Waals surface area contributed by atoms with Crippen LogP contribution in [0.3, 0.4) is 0 Å². The number of rotatable bonds is 2. The van der Waals surface area contributed by atoms with Crippen LogP contribution in [0.15, 0.2) is 29.2 Å². The highest BCUT2D eigenvalue weighted by molar-refractivity contribution is 8.00. The number of halogens is 3. The van der Waals surface area contributed by atoms with E-state index in [1.807, 2.05) is 0 Å². The predicted octanol–water partition coefficient (Wildman–Crippen LogP) is 3.94. The fourth-order valence-electron chi connectivity index (χ4n) is 2.02. The van der Waals surface area contributed by atoms with Crippen molar-refractivity contribution in [2.24, 2.45) is 0 Å². The highest BCUT2D eigenvalue weighted by Gasteiger charge is 2.30. The van der Waals surface area contributed by atoms with Crippen LogP contribution in [0.4, 0.5) is 13.2 Å². The summed E-state index contributed by atoms with van der Waals surface area (Å²) in [5.41, 5.74) is -0.575. The zero-order valence-corrected chi connectivity index (χ0v) is 10.8. The van der Waals surface area contributed by atoms with Gasteiger partial charge in [0, 0.05) is 10.1 Å². The smallest absolute Gasteiger partial charge is 0.317 e. The standard InChI is InChI=1S/C13H16F3NS/c14-13(15,16)10-3-5-12(6-4-10)18-11-2-1-8-17-9-7-11/h3-6,11,17H,1-2,7-9H2. The lowest BCUT2D eigenvalue weighted by Gasteiger charge is -2.13. The van der Waals surface area contributed by atoms with Crippen molar-refractivity contribution in [3.05, 3.63) is 29.8 Å². The Morgan fingerprint density at radius 3 is 2.44 bits per heavy atom. The van der Waals surface area contributed by atoms with Gasteiger partial charge in [0.15, 0.2) is 0 Å². The quantitative estimate of drug-likeness (QED) is 0.877. The first-order valence-electron chi connectivity index (χ1n) is 6.10. The minimum absolute atomic E-state index is 0.511. The molecule has 1 aliphatic heterocycles. The van der Waals surface area contributed by atoms with E-state index in [2.05, 4.69) is 5.32 Å². The number of benzene rings is 1. The van der Waals surface area contributed by atoms with E-state index < -0.39 is 11.7 Å². The summed E-state index contributed by atoms with van der Waals surface area (Å²) in [6.45, 7) is 2.04. The second-order valence-corrected chi connectivity index (χ2v) is 5.82. The molecular formula is C13H16F3NS. The molecule has 1 fully saturated rings. The van der Waals surface area contributed by atoms with Crippen molar-refractivity contribution in [2.75, 3.05) is 13.1 Å². The van der Waals surface area contributed by atoms with Gasteiger partial charge >= 0.3 is 6.18 Å². The summed E-state index contributed by atoms with van der Waals surface area (Å²) in [6, 6.07) is 5.48. The average Bonchev–Trinajstić information content (AvgIpc) is 2.57. The van der Waals surface area contributed by atoms with Crippen molar-refractivity contribution in [3.8, 4) is 0 Å². The monoisotopic (exact) mass is 275 g/mol. The lowest BCUT2D eigenvalue weighted by atomic mass is 10.2. The Kier molecular flexibility index (Phi) is 4.56. The molecule has 0 aromatic heterocycles. The van der Waals surface area contributed by atoms with Crippen LogP contribution >= 0.6 is 11.8 Å². The van der Waals surface area contributed by atoms with E-state index >= 15 is 0 Å². The number of alkyl halides is 3. The van der Waals surface area contributed by atoms with Gasteiger partial charge in [-0.2, -0.15) is 13.2 Å². The van der Waals surface area contributed by atoms with Gasteiger partial charge in [0.25, 0.3) is 0 Å². The molecule has 18 heavy (non-hydrogen) atoms. The maximum atomic E-state index is 12.4. The summed E-state index contributed by atoms with van der Waals surface area (Å²) >= 11 is 1.69. The van der Waals surface area contributed by atoms with Crippen LogP contribution in [-0.2, 0) is 6.18 Å². The Morgan fingerprint density at radius 2 is 1.78 bits per heavy atom. The minimum atomic E-state index is -4.24. The van der Waals surface area contributed by atoms with Crippen LogP contribution in [0.1, 0.15) is 24.8 Å². The topological polar surface area (TPSA) is 12.0 Å². The van der Waals surface area contributed by atoms with Gasteiger partial charge < -0.3 is 5.32 Å². The van der Waals surface area contributed by atoms with E-state index in [0.29, 0.717) is 5.25 Å². The Morgan fingerprint density at radius 1 is 1.06 bits per heavy atom. The molecule has 1 N–H and O–H groups in total. The predicted molar refractivity (Wildman–Crippen MR) is 67.8 cm³/mol. The lowest BCUT2D eigenvalue weighted by Crippen LogP contribution is -2.14. The summed E-state index contributed by atoms with van der Waals surface area (Å²) in [6.07, 6.45) is -0.905. The van der Waals surface area contributed by atoms with E-state index in [0.717, 1.165) is 49.4 Å². The molecule has 0 bridgehead atoms. The van der Waals surface area contributed by atoms with Gasteiger partial charge in [-0.3, -0.25) is 0 Å². The van der Waals surface area contributed by atoms with Crippen molar-refractivity contribution in [1.29, 1.82) is 0 Å². The molecule has 1 nitrogen and oxygen atoms in total. The molecule has 5 heteroatoms. The maximum absolute atomic E-state index is 12.4. The molecule has 0 aliphatic carbocycles. The van der Waals surface area contributed by atoms with Gasteiger partial charge in [-0.15, -0.1) is 11.8 Å². The van der Waals surface area contributed by atoms with E-state index in [4.69, 9.17) is 0 Å². The third-order valence-electron chi connectivity index (χ3n) is 3.01. The Labute approximate surface area is 109 Å². The van der Waals surface area contributed by atoms with Gasteiger partial charge in [0.05, 0.1) is 5.56 Å². The van der Waals surface area contributed by atoms with Crippen LogP contribution in [0.5, 0.6) is 0 Å². The fraction of sp³-hybridized carbons (Fsp3) is 0.538. The van der Waals surface area contributed by atoms with Crippen molar-refractivity contribution >= 4 is 11.8 Å². The van der Waals surface area contributed by atoms with Crippen molar-refractivity contribution in [1.82, 2.24) is 5.32 Å². The first-order chi connectivity index (χ1) is 8.55. The van der Waals surface area contributed by atoms with E-state index in [1.165, 1.54) is 0 Å². The molecule has 2 rings (SSSR count). The zero-order chi connectivity index (χ0) is 13.0. The van der Waals surface area contributed by atoms with Gasteiger partial charge in [0.2, 0.25) is 0 Å². The molecule has 0 saturated carbocycles. The highest BCUT2D eigenvalue weighted by atomic mass is 32.2. The van der Waals surface area contributed by atoms with Crippen LogP contribution < -0.4 is 5.32 Å². The molecule has 1 aliphatic rings. The third kappa shape index (κ3) is 3.92. The SMILES string of the molecule is FC(F)(F)c1ccc(SC2CCCNCC2)cc1. The van der Waals surface area contributed by atoms with Gasteiger partial charge in [0.1, 0.15) is 0 Å². The molecule has 0 radical (unpaired) electrons. The molecule has 100 valence electrons. The Balaban J connectivity index is 1.97. The Bertz CT molecular complexity index is 367. The van der Waals surface area contributed by atoms with Crippen LogP contribution in [0.25, 0.3) is 0 Å². The molecular weight excluding hydrogens is 259 g/mol. The summed E-state index contributed by atoms with van der Waals surface area (Å²) in [5, 5.41) is 3.84. The Hall–Kier alpha value is -0.680.